The van der Waals surface area contributed by atoms with E-state index in [4.69, 9.17) is 14.0 Å². The van der Waals surface area contributed by atoms with Gasteiger partial charge in [0, 0.05) is 19.0 Å². The lowest BCUT2D eigenvalue weighted by molar-refractivity contribution is -0.131. The summed E-state index contributed by atoms with van der Waals surface area (Å²) in [5.41, 5.74) is 1.87. The third kappa shape index (κ3) is 3.53. The van der Waals surface area contributed by atoms with Crippen LogP contribution in [-0.2, 0) is 11.2 Å². The van der Waals surface area contributed by atoms with E-state index in [1.807, 2.05) is 38.1 Å². The number of fused-ring (bicyclic) bond motifs is 1. The van der Waals surface area contributed by atoms with Crippen LogP contribution < -0.4 is 9.47 Å². The normalized spacial score (nSPS) is 16.0. The molecule has 2 aromatic rings. The van der Waals surface area contributed by atoms with Crippen LogP contribution in [0.5, 0.6) is 11.5 Å². The average molecular weight is 330 g/mol. The second-order valence-corrected chi connectivity index (χ2v) is 6.07. The number of para-hydroxylation sites is 2. The third-order valence-corrected chi connectivity index (χ3v) is 4.24. The highest BCUT2D eigenvalue weighted by atomic mass is 16.6. The van der Waals surface area contributed by atoms with Gasteiger partial charge in [-0.25, -0.2) is 0 Å². The molecule has 0 fully saturated rings. The molecule has 0 aliphatic carbocycles. The molecule has 1 aliphatic heterocycles. The van der Waals surface area contributed by atoms with Gasteiger partial charge in [-0.15, -0.1) is 0 Å². The van der Waals surface area contributed by atoms with E-state index in [1.54, 1.807) is 11.9 Å². The zero-order chi connectivity index (χ0) is 17.1. The molecule has 128 valence electrons. The van der Waals surface area contributed by atoms with Crippen LogP contribution in [-0.4, -0.2) is 42.3 Å². The van der Waals surface area contributed by atoms with Crippen LogP contribution in [0.3, 0.4) is 0 Å². The van der Waals surface area contributed by atoms with Crippen molar-refractivity contribution in [2.24, 2.45) is 0 Å². The number of aromatic nitrogens is 1. The Morgan fingerprint density at radius 1 is 1.29 bits per heavy atom. The number of carbonyl (C=O) groups excluding carboxylic acids is 1. The predicted molar refractivity (Wildman–Crippen MR) is 88.3 cm³/mol. The van der Waals surface area contributed by atoms with Gasteiger partial charge in [-0.3, -0.25) is 4.79 Å². The van der Waals surface area contributed by atoms with Crippen molar-refractivity contribution < 1.29 is 18.8 Å². The summed E-state index contributed by atoms with van der Waals surface area (Å²) in [7, 11) is 1.79. The predicted octanol–water partition coefficient (Wildman–Crippen LogP) is 2.52. The molecule has 6 nitrogen and oxygen atoms in total. The number of hydrogen-bond acceptors (Lipinski definition) is 5. The summed E-state index contributed by atoms with van der Waals surface area (Å²) >= 11 is 0. The fraction of sp³-hybridized carbons (Fsp3) is 0.444. The molecule has 0 spiro atoms. The van der Waals surface area contributed by atoms with Gasteiger partial charge >= 0.3 is 0 Å². The second kappa shape index (κ2) is 6.95. The van der Waals surface area contributed by atoms with Crippen LogP contribution in [0.1, 0.15) is 23.4 Å². The summed E-state index contributed by atoms with van der Waals surface area (Å²) in [5, 5.41) is 3.92. The quantitative estimate of drug-likeness (QED) is 0.843. The Bertz CT molecular complexity index is 706. The van der Waals surface area contributed by atoms with E-state index in [2.05, 4.69) is 5.16 Å². The number of carbonyl (C=O) groups is 1. The minimum absolute atomic E-state index is 0.0671. The number of likely N-dealkylation sites (N-methyl/N-ethyl adjacent to an activating group) is 1. The number of rotatable bonds is 5. The molecule has 0 saturated heterocycles. The first-order valence-corrected chi connectivity index (χ1v) is 8.09. The van der Waals surface area contributed by atoms with Gasteiger partial charge in [0.15, 0.2) is 17.6 Å². The number of ether oxygens (including phenoxy) is 2. The molecule has 2 heterocycles. The minimum Gasteiger partial charge on any atom is -0.486 e. The highest BCUT2D eigenvalue weighted by molar-refractivity contribution is 5.76. The van der Waals surface area contributed by atoms with Gasteiger partial charge in [0.05, 0.1) is 12.2 Å². The summed E-state index contributed by atoms with van der Waals surface area (Å²) in [5.74, 6) is 2.33. The number of aryl methyl sites for hydroxylation is 2. The molecule has 0 N–H and O–H groups in total. The highest BCUT2D eigenvalue weighted by Crippen LogP contribution is 2.31. The first-order chi connectivity index (χ1) is 11.5. The van der Waals surface area contributed by atoms with Gasteiger partial charge in [0.1, 0.15) is 12.4 Å². The number of amides is 1. The van der Waals surface area contributed by atoms with E-state index in [9.17, 15) is 4.79 Å². The smallest absolute Gasteiger partial charge is 0.222 e. The lowest BCUT2D eigenvalue weighted by atomic mass is 10.1. The van der Waals surface area contributed by atoms with E-state index in [1.165, 1.54) is 0 Å². The van der Waals surface area contributed by atoms with E-state index < -0.39 is 0 Å². The van der Waals surface area contributed by atoms with Crippen LogP contribution in [0.2, 0.25) is 0 Å². The molecule has 3 rings (SSSR count). The van der Waals surface area contributed by atoms with Crippen molar-refractivity contribution in [3.8, 4) is 11.5 Å². The molecule has 1 aromatic heterocycles. The van der Waals surface area contributed by atoms with Crippen molar-refractivity contribution in [1.29, 1.82) is 0 Å². The SMILES string of the molecule is Cc1noc(C)c1CCC(=O)N(C)C[C@H]1COc2ccccc2O1. The Morgan fingerprint density at radius 2 is 2.04 bits per heavy atom. The summed E-state index contributed by atoms with van der Waals surface area (Å²) < 4.78 is 16.7. The second-order valence-electron chi connectivity index (χ2n) is 6.07. The Labute approximate surface area is 141 Å². The van der Waals surface area contributed by atoms with Crippen LogP contribution in [0.15, 0.2) is 28.8 Å². The van der Waals surface area contributed by atoms with E-state index in [0.29, 0.717) is 26.0 Å². The van der Waals surface area contributed by atoms with Gasteiger partial charge in [-0.2, -0.15) is 0 Å². The lowest BCUT2D eigenvalue weighted by Crippen LogP contribution is -2.41. The Kier molecular flexibility index (Phi) is 4.74. The highest BCUT2D eigenvalue weighted by Gasteiger charge is 2.23. The molecule has 1 aromatic carbocycles. The maximum absolute atomic E-state index is 12.4. The number of nitrogens with zero attached hydrogens (tertiary/aromatic N) is 2. The lowest BCUT2D eigenvalue weighted by Gasteiger charge is -2.29. The molecule has 6 heteroatoms. The molecule has 0 radical (unpaired) electrons. The first-order valence-electron chi connectivity index (χ1n) is 8.09. The monoisotopic (exact) mass is 330 g/mol. The first kappa shape index (κ1) is 16.4. The van der Waals surface area contributed by atoms with Crippen molar-refractivity contribution >= 4 is 5.91 Å². The molecule has 1 atom stereocenters. The van der Waals surface area contributed by atoms with Crippen molar-refractivity contribution in [2.45, 2.75) is 32.8 Å². The van der Waals surface area contributed by atoms with Crippen LogP contribution in [0.4, 0.5) is 0 Å². The standard InChI is InChI=1S/C18H22N2O4/c1-12-15(13(2)24-19-12)8-9-18(21)20(3)10-14-11-22-16-6-4-5-7-17(16)23-14/h4-7,14H,8-11H2,1-3H3/t14-/m0/s1. The summed E-state index contributed by atoms with van der Waals surface area (Å²) in [6.45, 7) is 4.70. The van der Waals surface area contributed by atoms with Crippen LogP contribution >= 0.6 is 0 Å². The molecular weight excluding hydrogens is 308 g/mol. The van der Waals surface area contributed by atoms with Crippen molar-refractivity contribution in [3.63, 3.8) is 0 Å². The number of benzene rings is 1. The largest absolute Gasteiger partial charge is 0.486 e. The molecule has 0 unspecified atom stereocenters. The Morgan fingerprint density at radius 3 is 2.75 bits per heavy atom. The average Bonchev–Trinajstić information content (AvgIpc) is 2.90. The van der Waals surface area contributed by atoms with Crippen LogP contribution in [0.25, 0.3) is 0 Å². The fourth-order valence-corrected chi connectivity index (χ4v) is 2.84. The van der Waals surface area contributed by atoms with Gasteiger partial charge < -0.3 is 18.9 Å². The molecule has 0 bridgehead atoms. The summed E-state index contributed by atoms with van der Waals surface area (Å²) in [4.78, 5) is 14.1. The zero-order valence-corrected chi connectivity index (χ0v) is 14.2. The van der Waals surface area contributed by atoms with Crippen LogP contribution in [0, 0.1) is 13.8 Å². The Balaban J connectivity index is 1.52. The fourth-order valence-electron chi connectivity index (χ4n) is 2.84. The van der Waals surface area contributed by atoms with Crippen molar-refractivity contribution in [3.05, 3.63) is 41.3 Å². The maximum atomic E-state index is 12.4. The maximum Gasteiger partial charge on any atom is 0.222 e. The van der Waals surface area contributed by atoms with Gasteiger partial charge in [0.25, 0.3) is 0 Å². The van der Waals surface area contributed by atoms with Gasteiger partial charge in [-0.1, -0.05) is 17.3 Å². The minimum atomic E-state index is -0.159. The zero-order valence-electron chi connectivity index (χ0n) is 14.2. The third-order valence-electron chi connectivity index (χ3n) is 4.24. The summed E-state index contributed by atoms with van der Waals surface area (Å²) in [6, 6.07) is 7.57. The van der Waals surface area contributed by atoms with E-state index in [0.717, 1.165) is 28.5 Å². The van der Waals surface area contributed by atoms with Gasteiger partial charge in [-0.05, 0) is 32.4 Å². The topological polar surface area (TPSA) is 64.8 Å². The molecular formula is C18H22N2O4. The molecule has 24 heavy (non-hydrogen) atoms. The molecule has 0 saturated carbocycles. The van der Waals surface area contributed by atoms with Crippen molar-refractivity contribution in [2.75, 3.05) is 20.2 Å². The molecule has 1 aliphatic rings. The molecule has 1 amide bonds. The summed E-state index contributed by atoms with van der Waals surface area (Å²) in [6.07, 6.45) is 0.895. The van der Waals surface area contributed by atoms with Crippen molar-refractivity contribution in [1.82, 2.24) is 10.1 Å². The van der Waals surface area contributed by atoms with E-state index in [-0.39, 0.29) is 12.0 Å². The number of hydrogen-bond donors (Lipinski definition) is 0. The van der Waals surface area contributed by atoms with E-state index >= 15 is 0 Å². The Hall–Kier alpha value is -2.50. The van der Waals surface area contributed by atoms with Gasteiger partial charge in [0.2, 0.25) is 5.91 Å².